The maximum Gasteiger partial charge on any atom is 0.319 e. The Kier molecular flexibility index (Phi) is 10.2. The van der Waals surface area contributed by atoms with Crippen LogP contribution in [0.3, 0.4) is 0 Å². The SMILES string of the molecule is COC(=O)CC[C@@H](C)[C@H]1CC[C@H]2[C@@H]3[C@H](OC(=O)CN)C[C@@H]4C[C@H](OC(=O)CN)CC[C@]4(C)[C@H]3C[C@H](OC(=O)CN)[C@]12C. The number of carbonyl (C=O) groups is 4. The summed E-state index contributed by atoms with van der Waals surface area (Å²) in [5.41, 5.74) is 16.5. The molecule has 0 aromatic heterocycles. The van der Waals surface area contributed by atoms with E-state index in [1.807, 2.05) is 0 Å². The Bertz CT molecular complexity index is 1020. The lowest BCUT2D eigenvalue weighted by Crippen LogP contribution is -2.63. The number of nitrogens with two attached hydrogens (primary N) is 3. The van der Waals surface area contributed by atoms with E-state index in [4.69, 9.17) is 36.1 Å². The van der Waals surface area contributed by atoms with Crippen molar-refractivity contribution in [1.29, 1.82) is 0 Å². The number of hydrogen-bond donors (Lipinski definition) is 3. The number of fused-ring (bicyclic) bond motifs is 5. The average Bonchev–Trinajstić information content (AvgIpc) is 3.34. The van der Waals surface area contributed by atoms with Crippen molar-refractivity contribution in [3.8, 4) is 0 Å². The Balaban J connectivity index is 1.71. The monoisotopic (exact) mass is 593 g/mol. The fraction of sp³-hybridized carbons (Fsp3) is 0.871. The first kappa shape index (κ1) is 32.7. The van der Waals surface area contributed by atoms with Gasteiger partial charge in [-0.2, -0.15) is 0 Å². The zero-order valence-corrected chi connectivity index (χ0v) is 25.7. The van der Waals surface area contributed by atoms with Gasteiger partial charge in [-0.05, 0) is 86.4 Å². The van der Waals surface area contributed by atoms with Crippen molar-refractivity contribution < 1.29 is 38.1 Å². The van der Waals surface area contributed by atoms with Gasteiger partial charge in [0.1, 0.15) is 18.3 Å². The van der Waals surface area contributed by atoms with E-state index in [9.17, 15) is 19.2 Å². The van der Waals surface area contributed by atoms with Crippen LogP contribution in [0.15, 0.2) is 0 Å². The summed E-state index contributed by atoms with van der Waals surface area (Å²) in [6.07, 6.45) is 5.49. The van der Waals surface area contributed by atoms with Gasteiger partial charge >= 0.3 is 23.9 Å². The van der Waals surface area contributed by atoms with Crippen LogP contribution in [0.5, 0.6) is 0 Å². The highest BCUT2D eigenvalue weighted by molar-refractivity contribution is 5.72. The van der Waals surface area contributed by atoms with Crippen LogP contribution in [0, 0.1) is 46.3 Å². The van der Waals surface area contributed by atoms with E-state index in [2.05, 4.69) is 20.8 Å². The molecule has 0 unspecified atom stereocenters. The molecule has 4 saturated carbocycles. The molecule has 0 amide bonds. The zero-order valence-electron chi connectivity index (χ0n) is 25.7. The highest BCUT2D eigenvalue weighted by Crippen LogP contribution is 2.69. The molecule has 0 spiro atoms. The summed E-state index contributed by atoms with van der Waals surface area (Å²) in [4.78, 5) is 49.4. The maximum absolute atomic E-state index is 12.7. The molecule has 0 aromatic carbocycles. The Morgan fingerprint density at radius 2 is 1.45 bits per heavy atom. The molecule has 4 fully saturated rings. The van der Waals surface area contributed by atoms with Crippen LogP contribution in [0.4, 0.5) is 0 Å². The van der Waals surface area contributed by atoms with E-state index in [1.54, 1.807) is 0 Å². The molecule has 238 valence electrons. The second kappa shape index (κ2) is 13.2. The van der Waals surface area contributed by atoms with Gasteiger partial charge < -0.3 is 36.1 Å². The van der Waals surface area contributed by atoms with Crippen molar-refractivity contribution in [2.75, 3.05) is 26.7 Å². The molecule has 0 heterocycles. The van der Waals surface area contributed by atoms with Gasteiger partial charge in [0.2, 0.25) is 0 Å². The van der Waals surface area contributed by atoms with Crippen molar-refractivity contribution in [3.05, 3.63) is 0 Å². The summed E-state index contributed by atoms with van der Waals surface area (Å²) in [6.45, 7) is 6.16. The molecule has 0 saturated heterocycles. The van der Waals surface area contributed by atoms with Gasteiger partial charge in [0.25, 0.3) is 0 Å². The van der Waals surface area contributed by atoms with Gasteiger partial charge in [-0.3, -0.25) is 19.2 Å². The smallest absolute Gasteiger partial charge is 0.319 e. The summed E-state index contributed by atoms with van der Waals surface area (Å²) >= 11 is 0. The van der Waals surface area contributed by atoms with E-state index in [-0.39, 0.29) is 90.3 Å². The largest absolute Gasteiger partial charge is 0.469 e. The number of methoxy groups -OCH3 is 1. The quantitative estimate of drug-likeness (QED) is 0.249. The van der Waals surface area contributed by atoms with Crippen LogP contribution in [-0.2, 0) is 38.1 Å². The molecule has 11 heteroatoms. The Morgan fingerprint density at radius 3 is 2.10 bits per heavy atom. The Hall–Kier alpha value is -2.24. The third kappa shape index (κ3) is 6.06. The summed E-state index contributed by atoms with van der Waals surface area (Å²) in [5, 5.41) is 0. The van der Waals surface area contributed by atoms with Crippen molar-refractivity contribution in [3.63, 3.8) is 0 Å². The van der Waals surface area contributed by atoms with Gasteiger partial charge in [0.15, 0.2) is 0 Å². The van der Waals surface area contributed by atoms with Crippen molar-refractivity contribution in [1.82, 2.24) is 0 Å². The van der Waals surface area contributed by atoms with E-state index in [0.29, 0.717) is 32.1 Å². The molecule has 11 atom stereocenters. The molecule has 6 N–H and O–H groups in total. The zero-order chi connectivity index (χ0) is 30.8. The minimum atomic E-state index is -0.427. The third-order valence-corrected chi connectivity index (χ3v) is 11.8. The second-order valence-electron chi connectivity index (χ2n) is 13.6. The number of ether oxygens (including phenoxy) is 4. The average molecular weight is 594 g/mol. The Morgan fingerprint density at radius 1 is 0.810 bits per heavy atom. The van der Waals surface area contributed by atoms with Gasteiger partial charge in [-0.25, -0.2) is 0 Å². The first-order valence-corrected chi connectivity index (χ1v) is 15.7. The number of carbonyl (C=O) groups excluding carboxylic acids is 4. The number of hydrogen-bond acceptors (Lipinski definition) is 11. The molecule has 4 aliphatic rings. The van der Waals surface area contributed by atoms with Crippen molar-refractivity contribution in [2.45, 2.75) is 96.9 Å². The lowest BCUT2D eigenvalue weighted by molar-refractivity contribution is -0.225. The fourth-order valence-electron chi connectivity index (χ4n) is 9.77. The molecule has 0 radical (unpaired) electrons. The molecule has 11 nitrogen and oxygen atoms in total. The van der Waals surface area contributed by atoms with Crippen LogP contribution in [-0.4, -0.2) is 68.9 Å². The van der Waals surface area contributed by atoms with Gasteiger partial charge in [0.05, 0.1) is 26.7 Å². The standard InChI is InChI=1S/C31H51N3O8/c1-17(5-8-25(35)39-4)20-6-7-21-29-22(13-24(31(20,21)3)42-28(38)16-34)30(2)10-9-19(40-26(36)14-32)11-18(30)12-23(29)41-27(37)15-33/h17-24,29H,5-16,32-34H2,1-4H3/t17-,18+,19-,20-,21+,22+,23-,24+,29+,30+,31-/m1/s1. The maximum atomic E-state index is 12.7. The highest BCUT2D eigenvalue weighted by atomic mass is 16.6. The molecular weight excluding hydrogens is 542 g/mol. The van der Waals surface area contributed by atoms with Gasteiger partial charge in [0, 0.05) is 17.8 Å². The molecule has 42 heavy (non-hydrogen) atoms. The van der Waals surface area contributed by atoms with E-state index >= 15 is 0 Å². The molecule has 0 aromatic rings. The molecule has 4 rings (SSSR count). The van der Waals surface area contributed by atoms with Crippen LogP contribution < -0.4 is 17.2 Å². The lowest BCUT2D eigenvalue weighted by atomic mass is 9.43. The lowest BCUT2D eigenvalue weighted by Gasteiger charge is -2.64. The predicted molar refractivity (Wildman–Crippen MR) is 153 cm³/mol. The topological polar surface area (TPSA) is 183 Å². The number of rotatable bonds is 10. The third-order valence-electron chi connectivity index (χ3n) is 11.8. The summed E-state index contributed by atoms with van der Waals surface area (Å²) in [5.74, 6) is -0.630. The minimum Gasteiger partial charge on any atom is -0.469 e. The minimum absolute atomic E-state index is 0.0699. The molecular formula is C31H51N3O8. The predicted octanol–water partition coefficient (Wildman–Crippen LogP) is 2.07. The van der Waals surface area contributed by atoms with E-state index in [0.717, 1.165) is 25.7 Å². The summed E-state index contributed by atoms with van der Waals surface area (Å²) in [6, 6.07) is 0. The number of esters is 4. The van der Waals surface area contributed by atoms with E-state index < -0.39 is 17.9 Å². The van der Waals surface area contributed by atoms with Crippen LogP contribution in [0.25, 0.3) is 0 Å². The van der Waals surface area contributed by atoms with Gasteiger partial charge in [-0.15, -0.1) is 0 Å². The highest BCUT2D eigenvalue weighted by Gasteiger charge is 2.67. The molecule has 4 aliphatic carbocycles. The normalized spacial score (nSPS) is 39.6. The second-order valence-corrected chi connectivity index (χ2v) is 13.6. The summed E-state index contributed by atoms with van der Waals surface area (Å²) < 4.78 is 22.9. The Labute approximate surface area is 249 Å². The van der Waals surface area contributed by atoms with Gasteiger partial charge in [-0.1, -0.05) is 20.8 Å². The molecule has 0 bridgehead atoms. The summed E-state index contributed by atoms with van der Waals surface area (Å²) in [7, 11) is 1.40. The first-order valence-electron chi connectivity index (χ1n) is 15.7. The van der Waals surface area contributed by atoms with Crippen molar-refractivity contribution in [2.24, 2.45) is 63.5 Å². The molecule has 0 aliphatic heterocycles. The van der Waals surface area contributed by atoms with Crippen LogP contribution >= 0.6 is 0 Å². The van der Waals surface area contributed by atoms with E-state index in [1.165, 1.54) is 7.11 Å². The van der Waals surface area contributed by atoms with Crippen molar-refractivity contribution >= 4 is 23.9 Å². The fourth-order valence-corrected chi connectivity index (χ4v) is 9.77. The first-order chi connectivity index (χ1) is 19.9. The van der Waals surface area contributed by atoms with Crippen LogP contribution in [0.2, 0.25) is 0 Å². The van der Waals surface area contributed by atoms with Crippen LogP contribution in [0.1, 0.15) is 78.6 Å².